The maximum absolute atomic E-state index is 9.51. The van der Waals surface area contributed by atoms with E-state index in [1.54, 1.807) is 6.33 Å². The van der Waals surface area contributed by atoms with Crippen molar-refractivity contribution >= 4 is 0 Å². The molecule has 0 radical (unpaired) electrons. The second-order valence-electron chi connectivity index (χ2n) is 4.82. The zero-order valence-corrected chi connectivity index (χ0v) is 8.91. The largest absolute Gasteiger partial charge is 0.395 e. The molecular weight excluding hydrogens is 176 g/mol. The Morgan fingerprint density at radius 3 is 2.57 bits per heavy atom. The SMILES string of the molecule is Cc1ncncc1C1(CO)CC1(C)C. The third kappa shape index (κ3) is 1.08. The molecule has 14 heavy (non-hydrogen) atoms. The van der Waals surface area contributed by atoms with E-state index in [0.29, 0.717) is 0 Å². The summed E-state index contributed by atoms with van der Waals surface area (Å²) in [5.41, 5.74) is 2.17. The molecule has 1 heterocycles. The van der Waals surface area contributed by atoms with Crippen LogP contribution >= 0.6 is 0 Å². The molecule has 1 atom stereocenters. The highest BCUT2D eigenvalue weighted by atomic mass is 16.3. The summed E-state index contributed by atoms with van der Waals surface area (Å²) in [6.07, 6.45) is 4.41. The third-order valence-corrected chi connectivity index (χ3v) is 3.61. The Morgan fingerprint density at radius 1 is 1.50 bits per heavy atom. The van der Waals surface area contributed by atoms with Gasteiger partial charge in [-0.3, -0.25) is 0 Å². The van der Waals surface area contributed by atoms with Gasteiger partial charge >= 0.3 is 0 Å². The fraction of sp³-hybridized carbons (Fsp3) is 0.636. The van der Waals surface area contributed by atoms with Crippen LogP contribution in [0.3, 0.4) is 0 Å². The lowest BCUT2D eigenvalue weighted by molar-refractivity contribution is 0.230. The quantitative estimate of drug-likeness (QED) is 0.771. The van der Waals surface area contributed by atoms with Crippen molar-refractivity contribution in [3.05, 3.63) is 23.8 Å². The fourth-order valence-corrected chi connectivity index (χ4v) is 2.39. The zero-order chi connectivity index (χ0) is 10.4. The predicted molar refractivity (Wildman–Crippen MR) is 53.9 cm³/mol. The highest BCUT2D eigenvalue weighted by molar-refractivity contribution is 5.37. The predicted octanol–water partition coefficient (Wildman–Crippen LogP) is 1.45. The number of hydrogen-bond acceptors (Lipinski definition) is 3. The number of aliphatic hydroxyl groups excluding tert-OH is 1. The van der Waals surface area contributed by atoms with Gasteiger partial charge in [-0.1, -0.05) is 13.8 Å². The summed E-state index contributed by atoms with van der Waals surface area (Å²) in [4.78, 5) is 8.22. The second-order valence-corrected chi connectivity index (χ2v) is 4.82. The van der Waals surface area contributed by atoms with Gasteiger partial charge in [0.1, 0.15) is 6.33 Å². The average Bonchev–Trinajstić information content (AvgIpc) is 2.70. The molecule has 1 aromatic heterocycles. The van der Waals surface area contributed by atoms with E-state index in [1.807, 2.05) is 13.1 Å². The molecule has 0 amide bonds. The maximum atomic E-state index is 9.51. The van der Waals surface area contributed by atoms with Gasteiger partial charge in [0.05, 0.1) is 6.61 Å². The summed E-state index contributed by atoms with van der Waals surface area (Å²) < 4.78 is 0. The van der Waals surface area contributed by atoms with Crippen molar-refractivity contribution in [1.29, 1.82) is 0 Å². The zero-order valence-electron chi connectivity index (χ0n) is 8.91. The lowest BCUT2D eigenvalue weighted by Crippen LogP contribution is -2.21. The van der Waals surface area contributed by atoms with Gasteiger partial charge in [-0.15, -0.1) is 0 Å². The van der Waals surface area contributed by atoms with Crippen molar-refractivity contribution in [3.8, 4) is 0 Å². The molecule has 0 saturated heterocycles. The topological polar surface area (TPSA) is 46.0 Å². The van der Waals surface area contributed by atoms with E-state index < -0.39 is 0 Å². The van der Waals surface area contributed by atoms with Crippen molar-refractivity contribution in [3.63, 3.8) is 0 Å². The maximum Gasteiger partial charge on any atom is 0.115 e. The van der Waals surface area contributed by atoms with Crippen molar-refractivity contribution in [2.24, 2.45) is 5.41 Å². The van der Waals surface area contributed by atoms with Crippen molar-refractivity contribution in [2.75, 3.05) is 6.61 Å². The lowest BCUT2D eigenvalue weighted by Gasteiger charge is -2.19. The molecule has 1 aliphatic carbocycles. The summed E-state index contributed by atoms with van der Waals surface area (Å²) in [7, 11) is 0. The van der Waals surface area contributed by atoms with Gasteiger partial charge in [-0.25, -0.2) is 9.97 Å². The molecule has 0 aromatic carbocycles. The summed E-state index contributed by atoms with van der Waals surface area (Å²) in [6, 6.07) is 0. The fourth-order valence-electron chi connectivity index (χ4n) is 2.39. The number of rotatable bonds is 2. The lowest BCUT2D eigenvalue weighted by atomic mass is 9.89. The number of nitrogens with zero attached hydrogens (tertiary/aromatic N) is 2. The first kappa shape index (κ1) is 9.59. The monoisotopic (exact) mass is 192 g/mol. The highest BCUT2D eigenvalue weighted by Crippen LogP contribution is 2.64. The van der Waals surface area contributed by atoms with Gasteiger partial charge in [-0.2, -0.15) is 0 Å². The average molecular weight is 192 g/mol. The molecule has 1 aromatic rings. The van der Waals surface area contributed by atoms with Crippen LogP contribution in [0.4, 0.5) is 0 Å². The highest BCUT2D eigenvalue weighted by Gasteiger charge is 2.62. The summed E-state index contributed by atoms with van der Waals surface area (Å²) in [5, 5.41) is 9.51. The first-order valence-electron chi connectivity index (χ1n) is 4.91. The van der Waals surface area contributed by atoms with E-state index in [4.69, 9.17) is 0 Å². The van der Waals surface area contributed by atoms with Crippen molar-refractivity contribution < 1.29 is 5.11 Å². The number of aromatic nitrogens is 2. The van der Waals surface area contributed by atoms with E-state index in [-0.39, 0.29) is 17.4 Å². The Kier molecular flexibility index (Phi) is 1.89. The van der Waals surface area contributed by atoms with Crippen molar-refractivity contribution in [2.45, 2.75) is 32.6 Å². The molecule has 1 fully saturated rings. The van der Waals surface area contributed by atoms with Crippen LogP contribution < -0.4 is 0 Å². The van der Waals surface area contributed by atoms with Crippen LogP contribution in [-0.4, -0.2) is 21.7 Å². The van der Waals surface area contributed by atoms with Crippen molar-refractivity contribution in [1.82, 2.24) is 9.97 Å². The van der Waals surface area contributed by atoms with E-state index in [2.05, 4.69) is 23.8 Å². The van der Waals surface area contributed by atoms with Gasteiger partial charge in [0.25, 0.3) is 0 Å². The van der Waals surface area contributed by atoms with Crippen LogP contribution in [0.1, 0.15) is 31.5 Å². The summed E-state index contributed by atoms with van der Waals surface area (Å²) in [5.74, 6) is 0. The van der Waals surface area contributed by atoms with E-state index >= 15 is 0 Å². The van der Waals surface area contributed by atoms with E-state index in [0.717, 1.165) is 17.7 Å². The molecule has 3 nitrogen and oxygen atoms in total. The van der Waals surface area contributed by atoms with Crippen LogP contribution in [0.5, 0.6) is 0 Å². The molecule has 0 aliphatic heterocycles. The standard InChI is InChI=1S/C11H16N2O/c1-8-9(4-12-7-13-8)11(6-14)5-10(11,2)3/h4,7,14H,5-6H2,1-3H3. The Balaban J connectivity index is 2.46. The summed E-state index contributed by atoms with van der Waals surface area (Å²) >= 11 is 0. The van der Waals surface area contributed by atoms with Gasteiger partial charge in [-0.05, 0) is 18.8 Å². The Labute approximate surface area is 84.2 Å². The van der Waals surface area contributed by atoms with Crippen LogP contribution in [0, 0.1) is 12.3 Å². The minimum absolute atomic E-state index is 0.0989. The Morgan fingerprint density at radius 2 is 2.14 bits per heavy atom. The molecule has 0 bridgehead atoms. The Hall–Kier alpha value is -0.960. The number of aliphatic hydroxyl groups is 1. The van der Waals surface area contributed by atoms with E-state index in [1.165, 1.54) is 0 Å². The first-order chi connectivity index (χ1) is 6.53. The molecule has 1 N–H and O–H groups in total. The van der Waals surface area contributed by atoms with Crippen LogP contribution in [0.15, 0.2) is 12.5 Å². The molecule has 2 rings (SSSR count). The first-order valence-corrected chi connectivity index (χ1v) is 4.91. The normalized spacial score (nSPS) is 28.9. The molecule has 1 unspecified atom stereocenters. The number of hydrogen-bond donors (Lipinski definition) is 1. The summed E-state index contributed by atoms with van der Waals surface area (Å²) in [6.45, 7) is 6.52. The molecular formula is C11H16N2O. The molecule has 1 saturated carbocycles. The minimum atomic E-state index is -0.0989. The van der Waals surface area contributed by atoms with Gasteiger partial charge in [0, 0.05) is 22.9 Å². The smallest absolute Gasteiger partial charge is 0.115 e. The molecule has 1 aliphatic rings. The van der Waals surface area contributed by atoms with Gasteiger partial charge < -0.3 is 5.11 Å². The van der Waals surface area contributed by atoms with E-state index in [9.17, 15) is 5.11 Å². The van der Waals surface area contributed by atoms with Crippen LogP contribution in [-0.2, 0) is 5.41 Å². The Bertz CT molecular complexity index is 362. The van der Waals surface area contributed by atoms with Crippen LogP contribution in [0.25, 0.3) is 0 Å². The van der Waals surface area contributed by atoms with Gasteiger partial charge in [0.2, 0.25) is 0 Å². The molecule has 0 spiro atoms. The third-order valence-electron chi connectivity index (χ3n) is 3.61. The van der Waals surface area contributed by atoms with Crippen LogP contribution in [0.2, 0.25) is 0 Å². The molecule has 3 heteroatoms. The molecule has 76 valence electrons. The second kappa shape index (κ2) is 2.76. The van der Waals surface area contributed by atoms with Gasteiger partial charge in [0.15, 0.2) is 0 Å². The minimum Gasteiger partial charge on any atom is -0.395 e. The number of aryl methyl sites for hydroxylation is 1.